The zero-order valence-corrected chi connectivity index (χ0v) is 16.6. The van der Waals surface area contributed by atoms with Crippen LogP contribution >= 0.6 is 11.8 Å². The Kier molecular flexibility index (Phi) is 7.50. The second kappa shape index (κ2) is 9.61. The van der Waals surface area contributed by atoms with Gasteiger partial charge in [0.05, 0.1) is 18.9 Å². The van der Waals surface area contributed by atoms with Crippen molar-refractivity contribution in [1.29, 1.82) is 0 Å². The maximum absolute atomic E-state index is 12.7. The number of nitrogens with zero attached hydrogens (tertiary/aromatic N) is 4. The number of aromatic nitrogens is 2. The van der Waals surface area contributed by atoms with Gasteiger partial charge in [0.25, 0.3) is 0 Å². The largest absolute Gasteiger partial charge is 0.471 e. The van der Waals surface area contributed by atoms with Crippen LogP contribution in [0.25, 0.3) is 0 Å². The Hall–Kier alpha value is -2.03. The first kappa shape index (κ1) is 20.3. The van der Waals surface area contributed by atoms with Gasteiger partial charge >= 0.3 is 0 Å². The second-order valence-electron chi connectivity index (χ2n) is 6.46. The summed E-state index contributed by atoms with van der Waals surface area (Å²) in [5, 5.41) is 2.76. The van der Waals surface area contributed by atoms with Gasteiger partial charge in [-0.3, -0.25) is 14.6 Å². The van der Waals surface area contributed by atoms with E-state index in [9.17, 15) is 9.59 Å². The van der Waals surface area contributed by atoms with E-state index in [1.54, 1.807) is 29.1 Å². The lowest BCUT2D eigenvalue weighted by atomic mass is 10.2. The van der Waals surface area contributed by atoms with E-state index in [1.165, 1.54) is 6.92 Å². The molecule has 1 aliphatic rings. The average molecular weight is 382 g/mol. The van der Waals surface area contributed by atoms with Crippen molar-refractivity contribution in [2.24, 2.45) is 0 Å². The van der Waals surface area contributed by atoms with Crippen molar-refractivity contribution in [2.45, 2.75) is 31.9 Å². The summed E-state index contributed by atoms with van der Waals surface area (Å²) >= 11 is 1.66. The Morgan fingerprint density at radius 2 is 2.23 bits per heavy atom. The minimum absolute atomic E-state index is 0.0477. The Morgan fingerprint density at radius 1 is 1.46 bits per heavy atom. The summed E-state index contributed by atoms with van der Waals surface area (Å²) < 4.78 is 5.90. The van der Waals surface area contributed by atoms with Crippen molar-refractivity contribution < 1.29 is 14.3 Å². The van der Waals surface area contributed by atoms with Gasteiger partial charge in [-0.05, 0) is 18.4 Å². The van der Waals surface area contributed by atoms with Crippen LogP contribution in [0.4, 0.5) is 5.82 Å². The molecule has 0 aliphatic carbocycles. The van der Waals surface area contributed by atoms with Crippen molar-refractivity contribution >= 4 is 29.4 Å². The van der Waals surface area contributed by atoms with Gasteiger partial charge < -0.3 is 19.9 Å². The summed E-state index contributed by atoms with van der Waals surface area (Å²) in [4.78, 5) is 36.3. The Morgan fingerprint density at radius 3 is 2.88 bits per heavy atom. The summed E-state index contributed by atoms with van der Waals surface area (Å²) in [5.41, 5.74) is 0. The molecule has 1 aliphatic heterocycles. The van der Waals surface area contributed by atoms with Crippen molar-refractivity contribution in [3.63, 3.8) is 0 Å². The van der Waals surface area contributed by atoms with E-state index in [0.29, 0.717) is 25.4 Å². The SMILES string of the molecule is CSCC[C@H](NC(C)=O)C(=O)N1CC[C@H](Oc2cncc(N(C)C)n2)C1. The summed E-state index contributed by atoms with van der Waals surface area (Å²) in [5.74, 6) is 1.75. The van der Waals surface area contributed by atoms with E-state index in [0.717, 1.165) is 18.0 Å². The highest BCUT2D eigenvalue weighted by molar-refractivity contribution is 7.98. The number of nitrogens with one attached hydrogen (secondary N) is 1. The molecule has 9 heteroatoms. The lowest BCUT2D eigenvalue weighted by Gasteiger charge is -2.24. The zero-order chi connectivity index (χ0) is 19.1. The van der Waals surface area contributed by atoms with E-state index in [1.807, 2.05) is 25.3 Å². The number of ether oxygens (including phenoxy) is 1. The second-order valence-corrected chi connectivity index (χ2v) is 7.44. The van der Waals surface area contributed by atoms with Crippen LogP contribution in [0.15, 0.2) is 12.4 Å². The molecular formula is C17H27N5O3S. The molecule has 1 aromatic heterocycles. The van der Waals surface area contributed by atoms with E-state index in [2.05, 4.69) is 15.3 Å². The summed E-state index contributed by atoms with van der Waals surface area (Å²) in [6.45, 7) is 2.54. The van der Waals surface area contributed by atoms with Crippen molar-refractivity contribution in [2.75, 3.05) is 44.1 Å². The van der Waals surface area contributed by atoms with Crippen LogP contribution in [-0.4, -0.2) is 78.0 Å². The van der Waals surface area contributed by atoms with Gasteiger partial charge in [0.1, 0.15) is 12.1 Å². The molecular weight excluding hydrogens is 354 g/mol. The molecule has 1 saturated heterocycles. The number of hydrogen-bond acceptors (Lipinski definition) is 7. The molecule has 1 N–H and O–H groups in total. The predicted molar refractivity (Wildman–Crippen MR) is 103 cm³/mol. The summed E-state index contributed by atoms with van der Waals surface area (Å²) in [7, 11) is 3.78. The molecule has 144 valence electrons. The van der Waals surface area contributed by atoms with E-state index in [4.69, 9.17) is 4.74 Å². The monoisotopic (exact) mass is 381 g/mol. The Labute approximate surface area is 158 Å². The topological polar surface area (TPSA) is 87.7 Å². The van der Waals surface area contributed by atoms with Gasteiger partial charge in [-0.25, -0.2) is 0 Å². The van der Waals surface area contributed by atoms with E-state index in [-0.39, 0.29) is 17.9 Å². The van der Waals surface area contributed by atoms with Crippen LogP contribution in [0.3, 0.4) is 0 Å². The minimum Gasteiger partial charge on any atom is -0.471 e. The Balaban J connectivity index is 1.94. The molecule has 26 heavy (non-hydrogen) atoms. The number of hydrogen-bond donors (Lipinski definition) is 1. The van der Waals surface area contributed by atoms with Crippen LogP contribution in [0, 0.1) is 0 Å². The molecule has 0 unspecified atom stereocenters. The molecule has 1 fully saturated rings. The first-order valence-electron chi connectivity index (χ1n) is 8.61. The number of thioether (sulfide) groups is 1. The standard InChI is InChI=1S/C17H27N5O3S/c1-12(23)19-14(6-8-26-4)17(24)22-7-5-13(11-22)25-16-10-18-9-15(20-16)21(2)3/h9-10,13-14H,5-8,11H2,1-4H3,(H,19,23)/t13-,14-/m0/s1. The maximum atomic E-state index is 12.7. The lowest BCUT2D eigenvalue weighted by molar-refractivity contribution is -0.135. The van der Waals surface area contributed by atoms with Crippen LogP contribution in [0.2, 0.25) is 0 Å². The molecule has 0 saturated carbocycles. The molecule has 0 aromatic carbocycles. The van der Waals surface area contributed by atoms with Crippen LogP contribution in [0.5, 0.6) is 5.88 Å². The molecule has 2 amide bonds. The van der Waals surface area contributed by atoms with Gasteiger partial charge in [0.15, 0.2) is 5.82 Å². The van der Waals surface area contributed by atoms with Crippen molar-refractivity contribution in [1.82, 2.24) is 20.2 Å². The minimum atomic E-state index is -0.476. The van der Waals surface area contributed by atoms with Gasteiger partial charge in [0.2, 0.25) is 17.7 Å². The molecule has 2 rings (SSSR count). The van der Waals surface area contributed by atoms with Gasteiger partial charge in [-0.2, -0.15) is 16.7 Å². The normalized spacial score (nSPS) is 17.7. The highest BCUT2D eigenvalue weighted by atomic mass is 32.2. The molecule has 1 aromatic rings. The Bertz CT molecular complexity index is 628. The van der Waals surface area contributed by atoms with Crippen LogP contribution in [-0.2, 0) is 9.59 Å². The predicted octanol–water partition coefficient (Wildman–Crippen LogP) is 0.780. The number of rotatable bonds is 8. The molecule has 0 spiro atoms. The third-order valence-corrected chi connectivity index (χ3v) is 4.73. The molecule has 0 bridgehead atoms. The molecule has 0 radical (unpaired) electrons. The first-order chi connectivity index (χ1) is 12.4. The van der Waals surface area contributed by atoms with E-state index < -0.39 is 6.04 Å². The molecule has 8 nitrogen and oxygen atoms in total. The lowest BCUT2D eigenvalue weighted by Crippen LogP contribution is -2.48. The highest BCUT2D eigenvalue weighted by Crippen LogP contribution is 2.19. The number of likely N-dealkylation sites (tertiary alicyclic amines) is 1. The van der Waals surface area contributed by atoms with Gasteiger partial charge in [0, 0.05) is 34.0 Å². The highest BCUT2D eigenvalue weighted by Gasteiger charge is 2.32. The number of anilines is 1. The molecule has 2 atom stereocenters. The first-order valence-corrected chi connectivity index (χ1v) is 10.0. The average Bonchev–Trinajstić information content (AvgIpc) is 3.06. The maximum Gasteiger partial charge on any atom is 0.245 e. The van der Waals surface area contributed by atoms with E-state index >= 15 is 0 Å². The summed E-state index contributed by atoms with van der Waals surface area (Å²) in [6, 6.07) is -0.476. The number of amides is 2. The van der Waals surface area contributed by atoms with Crippen LogP contribution in [0.1, 0.15) is 19.8 Å². The third kappa shape index (κ3) is 5.76. The fraction of sp³-hybridized carbons (Fsp3) is 0.647. The van der Waals surface area contributed by atoms with Crippen molar-refractivity contribution in [3.05, 3.63) is 12.4 Å². The van der Waals surface area contributed by atoms with Gasteiger partial charge in [-0.1, -0.05) is 0 Å². The molecule has 2 heterocycles. The quantitative estimate of drug-likeness (QED) is 0.712. The van der Waals surface area contributed by atoms with Crippen molar-refractivity contribution in [3.8, 4) is 5.88 Å². The smallest absolute Gasteiger partial charge is 0.245 e. The third-order valence-electron chi connectivity index (χ3n) is 4.09. The van der Waals surface area contributed by atoms with Crippen LogP contribution < -0.4 is 15.0 Å². The van der Waals surface area contributed by atoms with Gasteiger partial charge in [-0.15, -0.1) is 0 Å². The fourth-order valence-electron chi connectivity index (χ4n) is 2.76. The zero-order valence-electron chi connectivity index (χ0n) is 15.8. The summed E-state index contributed by atoms with van der Waals surface area (Å²) in [6.07, 6.45) is 6.46. The number of carbonyl (C=O) groups is 2. The fourth-order valence-corrected chi connectivity index (χ4v) is 3.24. The number of carbonyl (C=O) groups excluding carboxylic acids is 2.